The first-order valence-electron chi connectivity index (χ1n) is 28.9. The largest absolute Gasteiger partial charge is 0.462 e. The predicted molar refractivity (Wildman–Crippen MR) is 324 cm³/mol. The molecule has 0 heterocycles. The van der Waals surface area contributed by atoms with Crippen LogP contribution in [0.2, 0.25) is 0 Å². The van der Waals surface area contributed by atoms with Gasteiger partial charge < -0.3 is 14.2 Å². The van der Waals surface area contributed by atoms with Gasteiger partial charge in [0.2, 0.25) is 0 Å². The van der Waals surface area contributed by atoms with E-state index in [4.69, 9.17) is 14.2 Å². The predicted octanol–water partition coefficient (Wildman–Crippen LogP) is 19.9. The SMILES string of the molecule is CC/C=C\C/C=C\C/C=C\C/C=C\C/C=C\C/C=C\C/C=C\C/C=C\CCCCCCC(=O)OCC(COC(=O)CCCCC/C=C\C/C=C\C/C=C\CC)OC(=O)C/C=C\C/C=C\C/C=C\C/C=C\C/C=C\CC. The Morgan fingerprint density at radius 1 is 0.280 bits per heavy atom. The Bertz CT molecular complexity index is 1850. The zero-order chi connectivity index (χ0) is 54.3. The fourth-order valence-corrected chi connectivity index (χ4v) is 6.90. The van der Waals surface area contributed by atoms with Crippen molar-refractivity contribution in [3.05, 3.63) is 194 Å². The van der Waals surface area contributed by atoms with Gasteiger partial charge in [0.1, 0.15) is 13.2 Å². The minimum absolute atomic E-state index is 0.0733. The van der Waals surface area contributed by atoms with Crippen molar-refractivity contribution in [1.29, 1.82) is 0 Å². The van der Waals surface area contributed by atoms with Gasteiger partial charge in [0.25, 0.3) is 0 Å². The van der Waals surface area contributed by atoms with Gasteiger partial charge in [-0.25, -0.2) is 0 Å². The highest BCUT2D eigenvalue weighted by molar-refractivity contribution is 5.72. The van der Waals surface area contributed by atoms with E-state index in [9.17, 15) is 14.4 Å². The van der Waals surface area contributed by atoms with E-state index < -0.39 is 12.1 Å². The number of hydrogen-bond donors (Lipinski definition) is 0. The highest BCUT2D eigenvalue weighted by Crippen LogP contribution is 2.10. The molecule has 1 unspecified atom stereocenters. The van der Waals surface area contributed by atoms with Gasteiger partial charge in [-0.2, -0.15) is 0 Å². The first-order chi connectivity index (χ1) is 37.0. The van der Waals surface area contributed by atoms with Gasteiger partial charge in [-0.15, -0.1) is 0 Å². The van der Waals surface area contributed by atoms with Crippen molar-refractivity contribution in [2.75, 3.05) is 13.2 Å². The van der Waals surface area contributed by atoms with Crippen LogP contribution < -0.4 is 0 Å². The number of unbranched alkanes of at least 4 members (excludes halogenated alkanes) is 7. The maximum Gasteiger partial charge on any atom is 0.310 e. The lowest BCUT2D eigenvalue weighted by atomic mass is 10.1. The molecule has 0 aromatic carbocycles. The van der Waals surface area contributed by atoms with Crippen LogP contribution in [0.5, 0.6) is 0 Å². The van der Waals surface area contributed by atoms with Crippen LogP contribution >= 0.6 is 0 Å². The van der Waals surface area contributed by atoms with E-state index in [1.165, 1.54) is 0 Å². The number of carbonyl (C=O) groups excluding carboxylic acids is 3. The van der Waals surface area contributed by atoms with Crippen LogP contribution in [0.3, 0.4) is 0 Å². The normalized spacial score (nSPS) is 13.6. The van der Waals surface area contributed by atoms with Gasteiger partial charge in [-0.3, -0.25) is 14.4 Å². The molecule has 0 radical (unpaired) electrons. The van der Waals surface area contributed by atoms with Crippen LogP contribution in [-0.2, 0) is 28.6 Å². The second-order valence-corrected chi connectivity index (χ2v) is 18.1. The smallest absolute Gasteiger partial charge is 0.310 e. The van der Waals surface area contributed by atoms with Crippen molar-refractivity contribution >= 4 is 17.9 Å². The molecular weight excluding hydrogens is 925 g/mol. The van der Waals surface area contributed by atoms with Crippen molar-refractivity contribution in [1.82, 2.24) is 0 Å². The molecule has 0 aliphatic heterocycles. The van der Waals surface area contributed by atoms with Gasteiger partial charge in [0.05, 0.1) is 6.42 Å². The molecule has 0 bridgehead atoms. The van der Waals surface area contributed by atoms with E-state index in [0.29, 0.717) is 12.8 Å². The molecular formula is C69H102O6. The summed E-state index contributed by atoms with van der Waals surface area (Å²) < 4.78 is 16.7. The van der Waals surface area contributed by atoms with Crippen molar-refractivity contribution in [2.45, 2.75) is 207 Å². The van der Waals surface area contributed by atoms with Crippen molar-refractivity contribution in [2.24, 2.45) is 0 Å². The number of ether oxygens (including phenoxy) is 3. The molecule has 0 saturated heterocycles. The molecule has 0 aliphatic carbocycles. The number of rotatable bonds is 49. The molecule has 0 aromatic rings. The molecule has 6 nitrogen and oxygen atoms in total. The summed E-state index contributed by atoms with van der Waals surface area (Å²) in [6.07, 6.45) is 93.1. The summed E-state index contributed by atoms with van der Waals surface area (Å²) in [6.45, 7) is 6.13. The lowest BCUT2D eigenvalue weighted by molar-refractivity contribution is -0.166. The quantitative estimate of drug-likeness (QED) is 0.0261. The van der Waals surface area contributed by atoms with Crippen LogP contribution in [-0.4, -0.2) is 37.2 Å². The molecule has 414 valence electrons. The van der Waals surface area contributed by atoms with Crippen LogP contribution in [0.15, 0.2) is 194 Å². The van der Waals surface area contributed by atoms with Crippen molar-refractivity contribution in [3.8, 4) is 0 Å². The van der Waals surface area contributed by atoms with Crippen LogP contribution in [0.25, 0.3) is 0 Å². The lowest BCUT2D eigenvalue weighted by Gasteiger charge is -2.18. The van der Waals surface area contributed by atoms with Crippen molar-refractivity contribution in [3.63, 3.8) is 0 Å². The summed E-state index contributed by atoms with van der Waals surface area (Å²) in [5, 5.41) is 0. The van der Waals surface area contributed by atoms with E-state index in [2.05, 4.69) is 203 Å². The molecule has 0 saturated carbocycles. The van der Waals surface area contributed by atoms with Gasteiger partial charge in [0.15, 0.2) is 6.10 Å². The average Bonchev–Trinajstić information content (AvgIpc) is 3.41. The van der Waals surface area contributed by atoms with Gasteiger partial charge in [-0.05, 0) is 141 Å². The Labute approximate surface area is 458 Å². The van der Waals surface area contributed by atoms with Gasteiger partial charge in [-0.1, -0.05) is 234 Å². The summed E-state index contributed by atoms with van der Waals surface area (Å²) in [5.74, 6) is -1.15. The summed E-state index contributed by atoms with van der Waals surface area (Å²) in [7, 11) is 0. The Hall–Kier alpha value is -5.75. The lowest BCUT2D eigenvalue weighted by Crippen LogP contribution is -2.30. The fourth-order valence-electron chi connectivity index (χ4n) is 6.90. The molecule has 0 aromatic heterocycles. The molecule has 0 aliphatic rings. The second-order valence-electron chi connectivity index (χ2n) is 18.1. The van der Waals surface area contributed by atoms with Crippen LogP contribution in [0, 0.1) is 0 Å². The fraction of sp³-hybridized carbons (Fsp3) is 0.493. The molecule has 0 rings (SSSR count). The summed E-state index contributed by atoms with van der Waals surface area (Å²) in [4.78, 5) is 38.0. The average molecular weight is 1030 g/mol. The third-order valence-corrected chi connectivity index (χ3v) is 11.1. The van der Waals surface area contributed by atoms with Crippen LogP contribution in [0.1, 0.15) is 201 Å². The molecule has 0 amide bonds. The topological polar surface area (TPSA) is 78.9 Å². The Kier molecular flexibility index (Phi) is 56.1. The Morgan fingerprint density at radius 2 is 0.520 bits per heavy atom. The van der Waals surface area contributed by atoms with E-state index >= 15 is 0 Å². The van der Waals surface area contributed by atoms with Crippen LogP contribution in [0.4, 0.5) is 0 Å². The zero-order valence-corrected chi connectivity index (χ0v) is 47.2. The third-order valence-electron chi connectivity index (χ3n) is 11.1. The van der Waals surface area contributed by atoms with E-state index in [1.54, 1.807) is 6.08 Å². The monoisotopic (exact) mass is 1030 g/mol. The maximum absolute atomic E-state index is 12.8. The number of hydrogen-bond acceptors (Lipinski definition) is 6. The Morgan fingerprint density at radius 3 is 0.813 bits per heavy atom. The van der Waals surface area contributed by atoms with E-state index in [-0.39, 0.29) is 38.0 Å². The summed E-state index contributed by atoms with van der Waals surface area (Å²) in [5.41, 5.74) is 0. The molecule has 6 heteroatoms. The maximum atomic E-state index is 12.8. The molecule has 0 N–H and O–H groups in total. The number of carbonyl (C=O) groups is 3. The molecule has 1 atom stereocenters. The van der Waals surface area contributed by atoms with E-state index in [0.717, 1.165) is 154 Å². The number of allylic oxidation sites excluding steroid dienone is 31. The standard InChI is InChI=1S/C69H102O6/c1-4-7-10-13-16-19-22-25-27-28-29-30-31-32-33-34-35-36-37-38-39-40-42-44-47-50-53-56-59-62-68(71)74-65-66(64-73-67(70)61-58-55-52-49-46-43-24-21-18-15-12-9-6-3)75-69(72)63-60-57-54-51-48-45-41-26-23-20-17-14-11-8-5-2/h7-12,16-21,25-27,29-30,32-33,35-36,38-39,41-44,46,48,51,57,60,66H,4-6,13-15,22-24,28,31,34,37,40,45,47,49-50,52-56,58-59,61-65H2,1-3H3/b10-7-,11-8-,12-9-,19-16-,20-17-,21-18-,27-25-,30-29-,33-32-,36-35-,39-38-,41-26-,44-42-,46-43-,51-48-,60-57-. The second kappa shape index (κ2) is 60.8. The minimum atomic E-state index is -0.867. The first kappa shape index (κ1) is 69.2. The Balaban J connectivity index is 4.51. The molecule has 0 fully saturated rings. The third kappa shape index (κ3) is 59.0. The summed E-state index contributed by atoms with van der Waals surface area (Å²) in [6, 6.07) is 0. The van der Waals surface area contributed by atoms with Crippen molar-refractivity contribution < 1.29 is 28.6 Å². The minimum Gasteiger partial charge on any atom is -0.462 e. The highest BCUT2D eigenvalue weighted by atomic mass is 16.6. The van der Waals surface area contributed by atoms with Gasteiger partial charge >= 0.3 is 17.9 Å². The highest BCUT2D eigenvalue weighted by Gasteiger charge is 2.19. The first-order valence-corrected chi connectivity index (χ1v) is 28.9. The number of esters is 3. The summed E-state index contributed by atoms with van der Waals surface area (Å²) >= 11 is 0. The zero-order valence-electron chi connectivity index (χ0n) is 47.2. The molecule has 0 spiro atoms. The molecule has 75 heavy (non-hydrogen) atoms. The van der Waals surface area contributed by atoms with Gasteiger partial charge in [0, 0.05) is 12.8 Å². The van der Waals surface area contributed by atoms with E-state index in [1.807, 2.05) is 6.08 Å².